The Balaban J connectivity index is 2.86. The van der Waals surface area contributed by atoms with Crippen LogP contribution in [0.25, 0.3) is 0 Å². The highest BCUT2D eigenvalue weighted by molar-refractivity contribution is 5.28. The van der Waals surface area contributed by atoms with Crippen LogP contribution in [0.15, 0.2) is 23.9 Å². The third-order valence-electron chi connectivity index (χ3n) is 2.38. The lowest BCUT2D eigenvalue weighted by Gasteiger charge is -2.33. The lowest BCUT2D eigenvalue weighted by molar-refractivity contribution is 0.160. The molecule has 0 heterocycles. The van der Waals surface area contributed by atoms with Crippen LogP contribution in [0.5, 0.6) is 0 Å². The van der Waals surface area contributed by atoms with E-state index in [1.807, 2.05) is 32.2 Å². The second-order valence-electron chi connectivity index (χ2n) is 3.43. The molecule has 0 aromatic rings. The van der Waals surface area contributed by atoms with E-state index in [1.165, 1.54) is 0 Å². The van der Waals surface area contributed by atoms with Crippen LogP contribution in [-0.4, -0.2) is 24.8 Å². The van der Waals surface area contributed by atoms with Gasteiger partial charge in [-0.2, -0.15) is 0 Å². The quantitative estimate of drug-likeness (QED) is 0.543. The fourth-order valence-electron chi connectivity index (χ4n) is 1.39. The average molecular weight is 168 g/mol. The number of likely N-dealkylation sites (N-methyl/N-ethyl adjacent to an activating group) is 1. The van der Waals surface area contributed by atoms with Crippen molar-refractivity contribution in [3.63, 3.8) is 0 Å². The number of nitrogens with two attached hydrogens (primary N) is 1. The lowest BCUT2D eigenvalue weighted by Crippen LogP contribution is -2.43. The van der Waals surface area contributed by atoms with Gasteiger partial charge in [-0.25, -0.2) is 0 Å². The van der Waals surface area contributed by atoms with Crippen LogP contribution >= 0.6 is 0 Å². The Labute approximate surface area is 73.0 Å². The first-order valence-corrected chi connectivity index (χ1v) is 4.07. The minimum absolute atomic E-state index is 0.118. The second kappa shape index (κ2) is 3.29. The van der Waals surface area contributed by atoms with E-state index < -0.39 is 0 Å². The molecule has 3 heteroatoms. The smallest absolute Gasteiger partial charge is 0.0537 e. The molecule has 0 saturated heterocycles. The van der Waals surface area contributed by atoms with Crippen molar-refractivity contribution in [3.8, 4) is 0 Å². The van der Waals surface area contributed by atoms with Gasteiger partial charge in [-0.3, -0.25) is 0 Å². The first-order valence-electron chi connectivity index (χ1n) is 4.07. The Hall–Kier alpha value is -0.800. The van der Waals surface area contributed by atoms with Crippen LogP contribution in [-0.2, 0) is 0 Å². The standard InChI is InChI=1S/C9H16N2O/c1-9(6-12)4-3-7(10)5-8(9)11-2/h3-5,8,11-12H,6,10H2,1-2H3. The van der Waals surface area contributed by atoms with Crippen LogP contribution in [0, 0.1) is 5.41 Å². The summed E-state index contributed by atoms with van der Waals surface area (Å²) in [6.07, 6.45) is 5.71. The Morgan fingerprint density at radius 2 is 2.42 bits per heavy atom. The van der Waals surface area contributed by atoms with Gasteiger partial charge in [0.2, 0.25) is 0 Å². The van der Waals surface area contributed by atoms with Crippen molar-refractivity contribution in [1.29, 1.82) is 0 Å². The van der Waals surface area contributed by atoms with Crippen LogP contribution in [0.4, 0.5) is 0 Å². The summed E-state index contributed by atoms with van der Waals surface area (Å²) >= 11 is 0. The summed E-state index contributed by atoms with van der Waals surface area (Å²) in [6.45, 7) is 2.12. The second-order valence-corrected chi connectivity index (χ2v) is 3.43. The Morgan fingerprint density at radius 1 is 1.75 bits per heavy atom. The van der Waals surface area contributed by atoms with Gasteiger partial charge < -0.3 is 16.2 Å². The van der Waals surface area contributed by atoms with Gasteiger partial charge >= 0.3 is 0 Å². The maximum Gasteiger partial charge on any atom is 0.0537 e. The van der Waals surface area contributed by atoms with E-state index in [4.69, 9.17) is 5.73 Å². The maximum atomic E-state index is 9.18. The predicted octanol–water partition coefficient (Wildman–Crippen LogP) is -0.0146. The summed E-state index contributed by atoms with van der Waals surface area (Å²) in [5.41, 5.74) is 6.15. The Morgan fingerprint density at radius 3 is 2.92 bits per heavy atom. The molecular weight excluding hydrogens is 152 g/mol. The summed E-state index contributed by atoms with van der Waals surface area (Å²) < 4.78 is 0. The van der Waals surface area contributed by atoms with E-state index in [9.17, 15) is 5.11 Å². The molecule has 2 atom stereocenters. The number of hydrogen-bond acceptors (Lipinski definition) is 3. The van der Waals surface area contributed by atoms with E-state index >= 15 is 0 Å². The molecule has 1 rings (SSSR count). The van der Waals surface area contributed by atoms with Crippen molar-refractivity contribution in [2.45, 2.75) is 13.0 Å². The zero-order valence-electron chi connectivity index (χ0n) is 7.54. The highest BCUT2D eigenvalue weighted by Crippen LogP contribution is 2.27. The van der Waals surface area contributed by atoms with Gasteiger partial charge in [0.25, 0.3) is 0 Å². The molecule has 68 valence electrons. The van der Waals surface area contributed by atoms with Gasteiger partial charge in [0.15, 0.2) is 0 Å². The molecule has 12 heavy (non-hydrogen) atoms. The minimum Gasteiger partial charge on any atom is -0.399 e. The molecule has 3 nitrogen and oxygen atoms in total. The Bertz CT molecular complexity index is 223. The van der Waals surface area contributed by atoms with Crippen molar-refractivity contribution >= 4 is 0 Å². The predicted molar refractivity (Wildman–Crippen MR) is 49.5 cm³/mol. The van der Waals surface area contributed by atoms with Crippen LogP contribution in [0.2, 0.25) is 0 Å². The van der Waals surface area contributed by atoms with Gasteiger partial charge in [0.1, 0.15) is 0 Å². The van der Waals surface area contributed by atoms with Gasteiger partial charge in [-0.15, -0.1) is 0 Å². The SMILES string of the molecule is CNC1C=C(N)C=CC1(C)CO. The summed E-state index contributed by atoms with van der Waals surface area (Å²) in [4.78, 5) is 0. The van der Waals surface area contributed by atoms with Crippen molar-refractivity contribution in [1.82, 2.24) is 5.32 Å². The van der Waals surface area contributed by atoms with E-state index in [0.717, 1.165) is 5.70 Å². The molecule has 0 amide bonds. The van der Waals surface area contributed by atoms with Gasteiger partial charge in [-0.05, 0) is 19.2 Å². The molecule has 0 aromatic heterocycles. The van der Waals surface area contributed by atoms with E-state index in [1.54, 1.807) is 0 Å². The zero-order valence-corrected chi connectivity index (χ0v) is 7.54. The van der Waals surface area contributed by atoms with Crippen LogP contribution in [0.1, 0.15) is 6.92 Å². The molecule has 0 radical (unpaired) electrons. The third-order valence-corrected chi connectivity index (χ3v) is 2.38. The monoisotopic (exact) mass is 168 g/mol. The molecular formula is C9H16N2O. The first kappa shape index (κ1) is 9.29. The number of aliphatic hydroxyl groups excluding tert-OH is 1. The number of hydrogen-bond donors (Lipinski definition) is 3. The Kier molecular flexibility index (Phi) is 2.55. The largest absolute Gasteiger partial charge is 0.399 e. The molecule has 2 unspecified atom stereocenters. The summed E-state index contributed by atoms with van der Waals surface area (Å²) in [5.74, 6) is 0. The molecule has 4 N–H and O–H groups in total. The molecule has 1 aliphatic carbocycles. The highest BCUT2D eigenvalue weighted by Gasteiger charge is 2.30. The molecule has 0 spiro atoms. The first-order chi connectivity index (χ1) is 5.62. The molecule has 0 bridgehead atoms. The van der Waals surface area contributed by atoms with Gasteiger partial charge in [0, 0.05) is 17.2 Å². The summed E-state index contributed by atoms with van der Waals surface area (Å²) in [6, 6.07) is 0.118. The highest BCUT2D eigenvalue weighted by atomic mass is 16.3. The van der Waals surface area contributed by atoms with Crippen LogP contribution in [0.3, 0.4) is 0 Å². The average Bonchev–Trinajstić information content (AvgIpc) is 2.09. The van der Waals surface area contributed by atoms with Crippen molar-refractivity contribution in [2.75, 3.05) is 13.7 Å². The van der Waals surface area contributed by atoms with Gasteiger partial charge in [-0.1, -0.05) is 13.0 Å². The minimum atomic E-state index is -0.225. The molecule has 0 aliphatic heterocycles. The summed E-state index contributed by atoms with van der Waals surface area (Å²) in [5, 5.41) is 12.3. The van der Waals surface area contributed by atoms with Crippen molar-refractivity contribution < 1.29 is 5.11 Å². The van der Waals surface area contributed by atoms with E-state index in [-0.39, 0.29) is 18.1 Å². The number of nitrogens with one attached hydrogen (secondary N) is 1. The molecule has 0 aromatic carbocycles. The lowest BCUT2D eigenvalue weighted by atomic mass is 9.79. The molecule has 1 aliphatic rings. The number of rotatable bonds is 2. The molecule has 0 fully saturated rings. The number of aliphatic hydroxyl groups is 1. The fourth-order valence-corrected chi connectivity index (χ4v) is 1.39. The maximum absolute atomic E-state index is 9.18. The third kappa shape index (κ3) is 1.52. The molecule has 0 saturated carbocycles. The van der Waals surface area contributed by atoms with Gasteiger partial charge in [0.05, 0.1) is 6.61 Å². The van der Waals surface area contributed by atoms with Crippen molar-refractivity contribution in [2.24, 2.45) is 11.1 Å². The van der Waals surface area contributed by atoms with E-state index in [2.05, 4.69) is 5.32 Å². The fraction of sp³-hybridized carbons (Fsp3) is 0.556. The normalized spacial score (nSPS) is 34.9. The summed E-state index contributed by atoms with van der Waals surface area (Å²) in [7, 11) is 1.86. The zero-order chi connectivity index (χ0) is 9.19. The van der Waals surface area contributed by atoms with E-state index in [0.29, 0.717) is 0 Å². The number of allylic oxidation sites excluding steroid dienone is 1. The van der Waals surface area contributed by atoms with Crippen LogP contribution < -0.4 is 11.1 Å². The topological polar surface area (TPSA) is 58.3 Å². The van der Waals surface area contributed by atoms with Crippen molar-refractivity contribution in [3.05, 3.63) is 23.9 Å².